The van der Waals surface area contributed by atoms with Gasteiger partial charge in [-0.05, 0) is 19.3 Å². The molecule has 21 saturated heterocycles. The molecular weight excluding hydrogens is 1200 g/mol. The van der Waals surface area contributed by atoms with Gasteiger partial charge < -0.3 is 168 Å². The molecular formula is C51H81N3O34. The predicted octanol–water partition coefficient (Wildman–Crippen LogP) is -13.2. The number of aryl methyl sites for hydroxylation is 1. The molecule has 22 rings (SSSR count). The molecule has 88 heavy (non-hydrogen) atoms. The summed E-state index contributed by atoms with van der Waals surface area (Å²) in [6.45, 7) is -6.68. The second-order valence-corrected chi connectivity index (χ2v) is 22.7. The van der Waals surface area contributed by atoms with Gasteiger partial charge in [0, 0.05) is 12.6 Å². The Morgan fingerprint density at radius 3 is 0.807 bits per heavy atom. The Labute approximate surface area is 500 Å². The zero-order valence-corrected chi connectivity index (χ0v) is 46.8. The zero-order valence-electron chi connectivity index (χ0n) is 46.8. The summed E-state index contributed by atoms with van der Waals surface area (Å²) in [6, 6.07) is 0. The number of terminal acetylenes is 1. The molecule has 35 atom stereocenters. The molecule has 1 aromatic heterocycles. The zero-order chi connectivity index (χ0) is 63.6. The first-order valence-electron chi connectivity index (χ1n) is 28.8. The van der Waals surface area contributed by atoms with Crippen LogP contribution in [0.5, 0.6) is 0 Å². The number of ether oxygens (including phenoxy) is 14. The number of hydrogen-bond acceptors (Lipinski definition) is 36. The topological polar surface area (TPSA) is 565 Å². The number of aliphatic hydroxyl groups excluding tert-OH is 20. The van der Waals surface area contributed by atoms with Gasteiger partial charge in [-0.25, -0.2) is 4.68 Å². The van der Waals surface area contributed by atoms with Gasteiger partial charge in [0.2, 0.25) is 0 Å². The van der Waals surface area contributed by atoms with Crippen molar-refractivity contribution in [2.24, 2.45) is 0 Å². The minimum absolute atomic E-state index is 0.404. The van der Waals surface area contributed by atoms with E-state index in [1.807, 2.05) is 0 Å². The summed E-state index contributed by atoms with van der Waals surface area (Å²) < 4.78 is 82.9. The monoisotopic (exact) mass is 1280 g/mol. The molecule has 0 unspecified atom stereocenters. The highest BCUT2D eigenvalue weighted by molar-refractivity contribution is 5.03. The fourth-order valence-electron chi connectivity index (χ4n) is 11.9. The highest BCUT2D eigenvalue weighted by Crippen LogP contribution is 2.39. The lowest BCUT2D eigenvalue weighted by Gasteiger charge is -2.50. The van der Waals surface area contributed by atoms with Crippen LogP contribution in [0.2, 0.25) is 0 Å². The van der Waals surface area contributed by atoms with Crippen molar-refractivity contribution in [3.63, 3.8) is 0 Å². The largest absolute Gasteiger partial charge is 0.394 e. The molecule has 504 valence electrons. The molecule has 0 amide bonds. The maximum Gasteiger partial charge on any atom is 0.187 e. The minimum atomic E-state index is -2.22. The van der Waals surface area contributed by atoms with E-state index in [-0.39, 0.29) is 0 Å². The van der Waals surface area contributed by atoms with Crippen LogP contribution in [-0.4, -0.2) is 372 Å². The number of aliphatic hydroxyl groups is 20. The summed E-state index contributed by atoms with van der Waals surface area (Å²) >= 11 is 0. The molecule has 21 aliphatic rings. The van der Waals surface area contributed by atoms with E-state index in [2.05, 4.69) is 16.2 Å². The Morgan fingerprint density at radius 2 is 0.568 bits per heavy atom. The minimum Gasteiger partial charge on any atom is -0.394 e. The lowest BCUT2D eigenvalue weighted by Crippen LogP contribution is -2.68. The Kier molecular flexibility index (Phi) is 24.2. The van der Waals surface area contributed by atoms with E-state index in [4.69, 9.17) is 72.7 Å². The van der Waals surface area contributed by atoms with Gasteiger partial charge >= 0.3 is 0 Å². The standard InChI is InChI=1S/C51H81N3O34/c1-2-3-4-5-6-7-16-8-54(53-52-16)9-17-38-24(61)31(68)45(75-17)83-39-18(10-55)77-47(33(70)26(39)63)85-41-20(12-57)79-49(35(72)28(41)65)87-43-22(14-59)81-51(37(74)30(43)67)88-44-23(15-60)80-50(36(73)29(44)66)86-42-21(13-58)78-48(34(71)27(42)64)84-40-19(11-56)76-46(82-38)32(69)25(40)62/h1,8,17-51,55-74H,3-7,9-15H2/t17-,18-,19-,20-,21-,22-,23-,24-,25-,26-,27-,28-,29-,30-,31-,32-,33-,34-,35-,36-,37-,38-,39-,40-,41-,42-,43-,44-,45-,46-,47-,48-,49-,50-,51-/m1/s1. The van der Waals surface area contributed by atoms with Gasteiger partial charge in [0.05, 0.1) is 51.9 Å². The molecule has 1 aromatic rings. The van der Waals surface area contributed by atoms with Crippen LogP contribution in [0.3, 0.4) is 0 Å². The molecule has 14 bridgehead atoms. The van der Waals surface area contributed by atoms with E-state index in [0.717, 1.165) is 12.8 Å². The van der Waals surface area contributed by atoms with Crippen LogP contribution in [0.4, 0.5) is 0 Å². The third kappa shape index (κ3) is 14.5. The molecule has 21 aliphatic heterocycles. The Hall–Kier alpha value is -2.66. The molecule has 0 spiro atoms. The third-order valence-electron chi connectivity index (χ3n) is 16.8. The van der Waals surface area contributed by atoms with E-state index in [0.29, 0.717) is 25.0 Å². The average molecular weight is 1280 g/mol. The van der Waals surface area contributed by atoms with E-state index in [9.17, 15) is 102 Å². The van der Waals surface area contributed by atoms with Gasteiger partial charge in [-0.3, -0.25) is 0 Å². The van der Waals surface area contributed by atoms with Crippen LogP contribution in [0.15, 0.2) is 6.20 Å². The van der Waals surface area contributed by atoms with Crippen molar-refractivity contribution < 1.29 is 168 Å². The number of rotatable bonds is 13. The van der Waals surface area contributed by atoms with Crippen LogP contribution in [0.25, 0.3) is 0 Å². The molecule has 20 N–H and O–H groups in total. The van der Waals surface area contributed by atoms with E-state index in [1.54, 1.807) is 0 Å². The van der Waals surface area contributed by atoms with E-state index < -0.39 is 261 Å². The molecule has 0 saturated carbocycles. The van der Waals surface area contributed by atoms with Gasteiger partial charge in [0.25, 0.3) is 0 Å². The quantitative estimate of drug-likeness (QED) is 0.0644. The van der Waals surface area contributed by atoms with E-state index in [1.165, 1.54) is 10.9 Å². The lowest BCUT2D eigenvalue weighted by atomic mass is 9.95. The number of aromatic nitrogens is 3. The number of unbranched alkanes of at least 4 members (excludes halogenated alkanes) is 3. The van der Waals surface area contributed by atoms with Crippen molar-refractivity contribution in [2.75, 3.05) is 39.6 Å². The fourth-order valence-corrected chi connectivity index (χ4v) is 11.9. The Morgan fingerprint density at radius 1 is 0.330 bits per heavy atom. The van der Waals surface area contributed by atoms with Gasteiger partial charge in [-0.1, -0.05) is 11.6 Å². The van der Waals surface area contributed by atoms with Gasteiger partial charge in [-0.2, -0.15) is 0 Å². The van der Waals surface area contributed by atoms with Crippen LogP contribution in [-0.2, 0) is 79.3 Å². The van der Waals surface area contributed by atoms with Crippen molar-refractivity contribution in [3.05, 3.63) is 11.9 Å². The molecule has 37 heteroatoms. The highest BCUT2D eigenvalue weighted by atomic mass is 16.8. The molecule has 22 heterocycles. The second-order valence-electron chi connectivity index (χ2n) is 22.7. The molecule has 0 radical (unpaired) electrons. The van der Waals surface area contributed by atoms with E-state index >= 15 is 0 Å². The highest BCUT2D eigenvalue weighted by Gasteiger charge is 2.59. The first-order valence-corrected chi connectivity index (χ1v) is 28.8. The van der Waals surface area contributed by atoms with Crippen LogP contribution < -0.4 is 0 Å². The third-order valence-corrected chi connectivity index (χ3v) is 16.8. The Balaban J connectivity index is 1.01. The van der Waals surface area contributed by atoms with Gasteiger partial charge in [0.15, 0.2) is 44.0 Å². The summed E-state index contributed by atoms with van der Waals surface area (Å²) in [5.41, 5.74) is 0.506. The predicted molar refractivity (Wildman–Crippen MR) is 272 cm³/mol. The molecule has 0 aromatic carbocycles. The summed E-state index contributed by atoms with van der Waals surface area (Å²) in [4.78, 5) is 0. The van der Waals surface area contributed by atoms with Crippen molar-refractivity contribution in [2.45, 2.75) is 254 Å². The normalized spacial score (nSPS) is 49.8. The van der Waals surface area contributed by atoms with Crippen molar-refractivity contribution in [1.29, 1.82) is 0 Å². The first kappa shape index (κ1) is 69.7. The second kappa shape index (κ2) is 30.6. The summed E-state index contributed by atoms with van der Waals surface area (Å²) in [5, 5.41) is 233. The maximum absolute atomic E-state index is 11.9. The maximum atomic E-state index is 11.9. The summed E-state index contributed by atoms with van der Waals surface area (Å²) in [6.07, 6.45) is -60.0. The van der Waals surface area contributed by atoms with Crippen molar-refractivity contribution in [1.82, 2.24) is 15.0 Å². The summed E-state index contributed by atoms with van der Waals surface area (Å²) in [7, 11) is 0. The molecule has 21 fully saturated rings. The average Bonchev–Trinajstić information content (AvgIpc) is 1.32. The van der Waals surface area contributed by atoms with Crippen molar-refractivity contribution >= 4 is 0 Å². The molecule has 37 nitrogen and oxygen atoms in total. The van der Waals surface area contributed by atoms with Crippen LogP contribution in [0.1, 0.15) is 31.4 Å². The lowest BCUT2D eigenvalue weighted by molar-refractivity contribution is -0.396. The van der Waals surface area contributed by atoms with Crippen LogP contribution >= 0.6 is 0 Å². The Bertz CT molecular complexity index is 2340. The van der Waals surface area contributed by atoms with Gasteiger partial charge in [-0.15, -0.1) is 17.4 Å². The SMILES string of the molecule is C#CCCCCCc1cn(C[C@H]2O[C@@H]3O[C@H]4[C@H](O)[C@@H](O)[C@@H](O[C@H]5[C@H](O)[C@@H](O)[C@@H](O[C@H]6[C@H](O)[C@@H](O)[C@@H](O[C@H]7[C@H](O)[C@@H](O)[C@@H](O[C@H]8[C@H](O)[C@@H](O)[C@@H](O[C@H]9[C@H](O)[C@@H](O)[C@@H](O[C@H]2[C@H](O)[C@H]3O)O[C@@H]9CO)O[C@@H]8CO)O[C@@H]7CO)O[C@@H]6CO)O[C@@H]5CO)O[C@@H]4CO)nn1. The van der Waals surface area contributed by atoms with Gasteiger partial charge in [0.1, 0.15) is 171 Å². The number of nitrogens with zero attached hydrogens (tertiary/aromatic N) is 3. The first-order chi connectivity index (χ1) is 42.1. The smallest absolute Gasteiger partial charge is 0.187 e. The van der Waals surface area contributed by atoms with Crippen LogP contribution in [0, 0.1) is 12.3 Å². The number of hydrogen-bond donors (Lipinski definition) is 20. The molecule has 0 aliphatic carbocycles. The summed E-state index contributed by atoms with van der Waals surface area (Å²) in [5.74, 6) is 2.57. The fraction of sp³-hybridized carbons (Fsp3) is 0.922. The van der Waals surface area contributed by atoms with Crippen molar-refractivity contribution in [3.8, 4) is 12.3 Å².